The van der Waals surface area contributed by atoms with Crippen LogP contribution in [-0.2, 0) is 0 Å². The Morgan fingerprint density at radius 3 is 2.79 bits per heavy atom. The fourth-order valence-corrected chi connectivity index (χ4v) is 3.51. The highest BCUT2D eigenvalue weighted by atomic mass is 16.3. The van der Waals surface area contributed by atoms with E-state index in [0.717, 1.165) is 12.8 Å². The van der Waals surface area contributed by atoms with Crippen LogP contribution in [-0.4, -0.2) is 59.2 Å². The van der Waals surface area contributed by atoms with Crippen molar-refractivity contribution in [1.82, 2.24) is 19.5 Å². The summed E-state index contributed by atoms with van der Waals surface area (Å²) < 4.78 is 1.72. The number of nitrogens with one attached hydrogen (secondary N) is 1. The molecule has 2 unspecified atom stereocenters. The lowest BCUT2D eigenvalue weighted by Gasteiger charge is -2.28. The van der Waals surface area contributed by atoms with Gasteiger partial charge in [-0.3, -0.25) is 0 Å². The first kappa shape index (κ1) is 15.6. The molecule has 6 N–H and O–H groups in total. The van der Waals surface area contributed by atoms with Gasteiger partial charge in [-0.15, -0.1) is 0 Å². The summed E-state index contributed by atoms with van der Waals surface area (Å²) in [5.41, 5.74) is 5.57. The third kappa shape index (κ3) is 2.31. The molecule has 0 amide bonds. The van der Waals surface area contributed by atoms with Gasteiger partial charge in [0.15, 0.2) is 17.0 Å². The number of fused-ring (bicyclic) bond motifs is 1. The molecule has 0 bridgehead atoms. The first-order chi connectivity index (χ1) is 11.4. The van der Waals surface area contributed by atoms with Gasteiger partial charge >= 0.3 is 0 Å². The van der Waals surface area contributed by atoms with Gasteiger partial charge in [0, 0.05) is 18.6 Å². The van der Waals surface area contributed by atoms with E-state index in [1.807, 2.05) is 0 Å². The summed E-state index contributed by atoms with van der Waals surface area (Å²) in [5.74, 6) is 0.306. The molecule has 24 heavy (non-hydrogen) atoms. The van der Waals surface area contributed by atoms with Crippen molar-refractivity contribution in [3.63, 3.8) is 0 Å². The van der Waals surface area contributed by atoms with E-state index in [2.05, 4.69) is 20.3 Å². The van der Waals surface area contributed by atoms with Crippen molar-refractivity contribution >= 4 is 22.9 Å². The molecule has 9 heteroatoms. The van der Waals surface area contributed by atoms with E-state index in [1.54, 1.807) is 17.8 Å². The molecule has 2 fully saturated rings. The third-order valence-corrected chi connectivity index (χ3v) is 5.25. The standard InChI is InChI=1S/C15H22N6O3/c1-15(24)7(5-22)4-9(11(15)23)21-6-17-10-12(18-8-2-3-8)19-14(16)20-13(10)21/h6-9,11,22-24H,2-5H2,1H3,(H3,16,18,19,20)/t7-,9-,11?,15?/m1/s1. The molecule has 2 aromatic heterocycles. The van der Waals surface area contributed by atoms with Crippen molar-refractivity contribution in [2.75, 3.05) is 17.7 Å². The molecule has 130 valence electrons. The minimum absolute atomic E-state index is 0.130. The Hall–Kier alpha value is -1.97. The zero-order chi connectivity index (χ0) is 17.1. The number of rotatable bonds is 4. The average molecular weight is 334 g/mol. The van der Waals surface area contributed by atoms with Crippen LogP contribution in [0.1, 0.15) is 32.2 Å². The van der Waals surface area contributed by atoms with Crippen LogP contribution >= 0.6 is 0 Å². The van der Waals surface area contributed by atoms with Gasteiger partial charge in [0.2, 0.25) is 5.95 Å². The van der Waals surface area contributed by atoms with Crippen LogP contribution in [0.3, 0.4) is 0 Å². The van der Waals surface area contributed by atoms with Crippen molar-refractivity contribution in [3.05, 3.63) is 6.33 Å². The molecule has 0 radical (unpaired) electrons. The Morgan fingerprint density at radius 1 is 1.42 bits per heavy atom. The number of aliphatic hydroxyl groups is 3. The lowest BCUT2D eigenvalue weighted by molar-refractivity contribution is -0.0840. The maximum absolute atomic E-state index is 10.5. The SMILES string of the molecule is CC1(O)C(O)[C@H](n2cnc3c(NC4CC4)nc(N)nc32)C[C@@H]1CO. The lowest BCUT2D eigenvalue weighted by Crippen LogP contribution is -2.43. The molecule has 2 aliphatic rings. The van der Waals surface area contributed by atoms with E-state index >= 15 is 0 Å². The number of aromatic nitrogens is 4. The normalized spacial score (nSPS) is 33.2. The average Bonchev–Trinajstić information content (AvgIpc) is 3.20. The van der Waals surface area contributed by atoms with Gasteiger partial charge in [0.1, 0.15) is 6.10 Å². The van der Waals surface area contributed by atoms with Crippen molar-refractivity contribution in [3.8, 4) is 0 Å². The van der Waals surface area contributed by atoms with E-state index in [4.69, 9.17) is 5.73 Å². The van der Waals surface area contributed by atoms with E-state index in [9.17, 15) is 15.3 Å². The fraction of sp³-hybridized carbons (Fsp3) is 0.667. The van der Waals surface area contributed by atoms with E-state index in [0.29, 0.717) is 29.4 Å². The van der Waals surface area contributed by atoms with Crippen LogP contribution in [0.4, 0.5) is 11.8 Å². The van der Waals surface area contributed by atoms with Gasteiger partial charge in [0.05, 0.1) is 18.0 Å². The zero-order valence-electron chi connectivity index (χ0n) is 13.4. The number of nitrogen functional groups attached to an aromatic ring is 1. The van der Waals surface area contributed by atoms with Crippen LogP contribution in [0.2, 0.25) is 0 Å². The van der Waals surface area contributed by atoms with Gasteiger partial charge in [-0.05, 0) is 26.2 Å². The molecule has 0 aromatic carbocycles. The second-order valence-electron chi connectivity index (χ2n) is 7.03. The van der Waals surface area contributed by atoms with Gasteiger partial charge in [-0.1, -0.05) is 0 Å². The highest BCUT2D eigenvalue weighted by Crippen LogP contribution is 2.43. The highest BCUT2D eigenvalue weighted by Gasteiger charge is 2.51. The maximum atomic E-state index is 10.5. The lowest BCUT2D eigenvalue weighted by atomic mass is 9.92. The quantitative estimate of drug-likeness (QED) is 0.510. The van der Waals surface area contributed by atoms with Crippen LogP contribution in [0.25, 0.3) is 11.2 Å². The number of hydrogen-bond acceptors (Lipinski definition) is 8. The van der Waals surface area contributed by atoms with Crippen LogP contribution in [0.5, 0.6) is 0 Å². The van der Waals surface area contributed by atoms with E-state index in [1.165, 1.54) is 0 Å². The minimum atomic E-state index is -1.37. The molecule has 0 spiro atoms. The second-order valence-corrected chi connectivity index (χ2v) is 7.03. The molecule has 0 aliphatic heterocycles. The summed E-state index contributed by atoms with van der Waals surface area (Å²) in [5, 5.41) is 33.8. The monoisotopic (exact) mass is 334 g/mol. The largest absolute Gasteiger partial charge is 0.396 e. The van der Waals surface area contributed by atoms with Crippen molar-refractivity contribution < 1.29 is 15.3 Å². The smallest absolute Gasteiger partial charge is 0.224 e. The third-order valence-electron chi connectivity index (χ3n) is 5.25. The highest BCUT2D eigenvalue weighted by molar-refractivity contribution is 5.84. The summed E-state index contributed by atoms with van der Waals surface area (Å²) >= 11 is 0. The first-order valence-electron chi connectivity index (χ1n) is 8.19. The molecule has 2 aromatic rings. The van der Waals surface area contributed by atoms with E-state index < -0.39 is 23.7 Å². The maximum Gasteiger partial charge on any atom is 0.224 e. The molecule has 4 rings (SSSR count). The zero-order valence-corrected chi connectivity index (χ0v) is 13.4. The number of anilines is 2. The number of aliphatic hydroxyl groups excluding tert-OH is 2. The molecular weight excluding hydrogens is 312 g/mol. The predicted molar refractivity (Wildman–Crippen MR) is 87.2 cm³/mol. The Labute approximate surface area is 138 Å². The van der Waals surface area contributed by atoms with Crippen LogP contribution < -0.4 is 11.1 Å². The summed E-state index contributed by atoms with van der Waals surface area (Å²) in [4.78, 5) is 12.9. The Morgan fingerprint density at radius 2 is 2.17 bits per heavy atom. The Bertz CT molecular complexity index is 772. The minimum Gasteiger partial charge on any atom is -0.396 e. The van der Waals surface area contributed by atoms with Crippen molar-refractivity contribution in [1.29, 1.82) is 0 Å². The molecule has 9 nitrogen and oxygen atoms in total. The number of nitrogens with zero attached hydrogens (tertiary/aromatic N) is 4. The summed E-state index contributed by atoms with van der Waals surface area (Å²) in [6.45, 7) is 1.35. The molecule has 2 aliphatic carbocycles. The topological polar surface area (TPSA) is 142 Å². The van der Waals surface area contributed by atoms with E-state index in [-0.39, 0.29) is 12.6 Å². The molecule has 2 saturated carbocycles. The first-order valence-corrected chi connectivity index (χ1v) is 8.19. The Kier molecular flexibility index (Phi) is 3.41. The van der Waals surface area contributed by atoms with Gasteiger partial charge in [-0.2, -0.15) is 9.97 Å². The molecule has 0 saturated heterocycles. The molecule has 2 heterocycles. The van der Waals surface area contributed by atoms with Crippen molar-refractivity contribution in [2.45, 2.75) is 50.0 Å². The second kappa shape index (κ2) is 5.27. The van der Waals surface area contributed by atoms with Crippen LogP contribution in [0, 0.1) is 5.92 Å². The van der Waals surface area contributed by atoms with Crippen LogP contribution in [0.15, 0.2) is 6.33 Å². The number of nitrogens with two attached hydrogens (primary N) is 1. The summed E-state index contributed by atoms with van der Waals surface area (Å²) in [7, 11) is 0. The number of hydrogen-bond donors (Lipinski definition) is 5. The van der Waals surface area contributed by atoms with Gasteiger partial charge in [0.25, 0.3) is 0 Å². The molecule has 4 atom stereocenters. The summed E-state index contributed by atoms with van der Waals surface area (Å²) in [6.07, 6.45) is 3.15. The van der Waals surface area contributed by atoms with Gasteiger partial charge < -0.3 is 30.9 Å². The Balaban J connectivity index is 1.76. The van der Waals surface area contributed by atoms with Gasteiger partial charge in [-0.25, -0.2) is 4.98 Å². The van der Waals surface area contributed by atoms with Crippen molar-refractivity contribution in [2.24, 2.45) is 5.92 Å². The summed E-state index contributed by atoms with van der Waals surface area (Å²) in [6, 6.07) is -0.0468. The number of imidazole rings is 1. The fourth-order valence-electron chi connectivity index (χ4n) is 3.51. The molecular formula is C15H22N6O3. The predicted octanol–water partition coefficient (Wildman–Crippen LogP) is -0.352.